The van der Waals surface area contributed by atoms with Crippen LogP contribution in [-0.4, -0.2) is 67.2 Å². The Labute approximate surface area is 296 Å². The van der Waals surface area contributed by atoms with Gasteiger partial charge < -0.3 is 19.3 Å². The van der Waals surface area contributed by atoms with Crippen LogP contribution in [0.1, 0.15) is 50.0 Å². The largest absolute Gasteiger partial charge is 0.493 e. The zero-order chi connectivity index (χ0) is 34.8. The molecule has 2 atom stereocenters. The molecule has 0 aliphatic carbocycles. The molecule has 3 fully saturated rings. The van der Waals surface area contributed by atoms with Crippen molar-refractivity contribution in [2.24, 2.45) is 5.92 Å². The molecule has 3 aliphatic rings. The predicted octanol–water partition coefficient (Wildman–Crippen LogP) is 7.05. The Morgan fingerprint density at radius 1 is 1.06 bits per heavy atom. The molecule has 2 bridgehead atoms. The first-order chi connectivity index (χ1) is 23.5. The van der Waals surface area contributed by atoms with Crippen LogP contribution in [0.4, 0.5) is 14.9 Å². The summed E-state index contributed by atoms with van der Waals surface area (Å²) in [6.07, 6.45) is 3.71. The van der Waals surface area contributed by atoms with Gasteiger partial charge in [0.25, 0.3) is 0 Å². The average Bonchev–Trinajstić information content (AvgIpc) is 3.51. The summed E-state index contributed by atoms with van der Waals surface area (Å²) in [5.41, 5.74) is 1.90. The Morgan fingerprint density at radius 3 is 2.39 bits per heavy atom. The number of pyridine rings is 1. The molecule has 10 nitrogen and oxygen atoms in total. The third-order valence-corrected chi connectivity index (χ3v) is 10.9. The molecule has 4 aromatic rings. The molecule has 2 aromatic carbocycles. The number of ether oxygens (including phenoxy) is 3. The van der Waals surface area contributed by atoms with Crippen LogP contribution in [0, 0.1) is 11.7 Å². The van der Waals surface area contributed by atoms with E-state index in [0.717, 1.165) is 42.0 Å². The van der Waals surface area contributed by atoms with Crippen molar-refractivity contribution in [1.29, 1.82) is 0 Å². The number of amides is 1. The minimum absolute atomic E-state index is 0.0418. The SMILES string of the molecule is COc1ccc([C@H](Cc2c(Cl)c[n+](O)cc2Cl)c2cc(CN(C(=O)O[C@H]3CN4CCC3CC4)c3cccc(F)c3)sc2C(=O)O)cc1OC. The van der Waals surface area contributed by atoms with Gasteiger partial charge >= 0.3 is 12.1 Å². The topological polar surface area (TPSA) is 113 Å². The van der Waals surface area contributed by atoms with Gasteiger partial charge in [0.1, 0.15) is 26.8 Å². The fourth-order valence-corrected chi connectivity index (χ4v) is 8.33. The van der Waals surface area contributed by atoms with E-state index in [4.69, 9.17) is 37.4 Å². The van der Waals surface area contributed by atoms with Crippen molar-refractivity contribution in [2.45, 2.75) is 37.8 Å². The van der Waals surface area contributed by atoms with Crippen molar-refractivity contribution in [2.75, 3.05) is 38.8 Å². The van der Waals surface area contributed by atoms with E-state index in [2.05, 4.69) is 4.90 Å². The molecular formula is C35H35Cl2FN3O7S+. The molecule has 0 spiro atoms. The number of carbonyl (C=O) groups excluding carboxylic acids is 1. The zero-order valence-corrected chi connectivity index (χ0v) is 29.1. The van der Waals surface area contributed by atoms with Crippen molar-refractivity contribution in [1.82, 2.24) is 4.90 Å². The Morgan fingerprint density at radius 2 is 1.78 bits per heavy atom. The maximum absolute atomic E-state index is 14.5. The third kappa shape index (κ3) is 7.57. The maximum Gasteiger partial charge on any atom is 0.414 e. The molecule has 2 aromatic heterocycles. The van der Waals surface area contributed by atoms with Crippen LogP contribution in [0.25, 0.3) is 0 Å². The molecule has 0 saturated carbocycles. The van der Waals surface area contributed by atoms with E-state index in [9.17, 15) is 24.3 Å². The zero-order valence-electron chi connectivity index (χ0n) is 26.8. The van der Waals surface area contributed by atoms with E-state index in [-0.39, 0.29) is 45.6 Å². The van der Waals surface area contributed by atoms with E-state index in [1.807, 2.05) is 0 Å². The van der Waals surface area contributed by atoms with Crippen LogP contribution in [0.15, 0.2) is 60.9 Å². The number of carboxylic acids is 1. The Hall–Kier alpha value is -4.10. The number of aromatic carboxylic acids is 1. The van der Waals surface area contributed by atoms with Crippen molar-refractivity contribution >= 4 is 52.3 Å². The number of benzene rings is 2. The number of rotatable bonds is 11. The number of aromatic nitrogens is 1. The highest BCUT2D eigenvalue weighted by molar-refractivity contribution is 7.14. The lowest BCUT2D eigenvalue weighted by molar-refractivity contribution is -0.904. The average molecular weight is 732 g/mol. The number of piperidine rings is 3. The molecule has 49 heavy (non-hydrogen) atoms. The van der Waals surface area contributed by atoms with Crippen molar-refractivity contribution in [3.8, 4) is 11.5 Å². The number of hydrogen-bond donors (Lipinski definition) is 2. The van der Waals surface area contributed by atoms with Crippen LogP contribution in [0.3, 0.4) is 0 Å². The normalized spacial score (nSPS) is 18.9. The number of carboxylic acid groups (broad SMARTS) is 1. The van der Waals surface area contributed by atoms with Crippen LogP contribution in [-0.2, 0) is 17.7 Å². The summed E-state index contributed by atoms with van der Waals surface area (Å²) in [5, 5.41) is 20.8. The Bertz CT molecular complexity index is 1840. The second-order valence-corrected chi connectivity index (χ2v) is 14.1. The maximum atomic E-state index is 14.5. The summed E-state index contributed by atoms with van der Waals surface area (Å²) in [4.78, 5) is 30.8. The molecule has 14 heteroatoms. The molecule has 3 saturated heterocycles. The van der Waals surface area contributed by atoms with Gasteiger partial charge in [0.2, 0.25) is 12.4 Å². The predicted molar refractivity (Wildman–Crippen MR) is 182 cm³/mol. The van der Waals surface area contributed by atoms with Gasteiger partial charge in [0.05, 0.1) is 26.5 Å². The van der Waals surface area contributed by atoms with Crippen LogP contribution in [0.5, 0.6) is 11.5 Å². The fraction of sp³-hybridized carbons (Fsp3) is 0.343. The summed E-state index contributed by atoms with van der Waals surface area (Å²) in [6, 6.07) is 12.7. The van der Waals surface area contributed by atoms with Gasteiger partial charge in [0, 0.05) is 27.6 Å². The molecule has 2 N–H and O–H groups in total. The lowest BCUT2D eigenvalue weighted by Gasteiger charge is -2.44. The highest BCUT2D eigenvalue weighted by atomic mass is 35.5. The monoisotopic (exact) mass is 730 g/mol. The minimum Gasteiger partial charge on any atom is -0.493 e. The first kappa shape index (κ1) is 34.8. The van der Waals surface area contributed by atoms with Gasteiger partial charge in [-0.15, -0.1) is 11.3 Å². The molecule has 258 valence electrons. The van der Waals surface area contributed by atoms with Crippen molar-refractivity contribution in [3.05, 3.63) is 103 Å². The lowest BCUT2D eigenvalue weighted by Crippen LogP contribution is -2.53. The van der Waals surface area contributed by atoms with E-state index in [0.29, 0.717) is 39.6 Å². The van der Waals surface area contributed by atoms with Gasteiger partial charge in [-0.2, -0.15) is 0 Å². The number of hydrogen-bond acceptors (Lipinski definition) is 8. The van der Waals surface area contributed by atoms with Gasteiger partial charge in [0.15, 0.2) is 11.5 Å². The van der Waals surface area contributed by atoms with E-state index < -0.39 is 23.8 Å². The highest BCUT2D eigenvalue weighted by Gasteiger charge is 2.38. The number of nitrogens with zero attached hydrogens (tertiary/aromatic N) is 3. The van der Waals surface area contributed by atoms with E-state index in [1.165, 1.54) is 49.7 Å². The van der Waals surface area contributed by atoms with Crippen molar-refractivity contribution < 1.29 is 43.2 Å². The van der Waals surface area contributed by atoms with Gasteiger partial charge in [-0.3, -0.25) is 15.0 Å². The summed E-state index contributed by atoms with van der Waals surface area (Å²) < 4.78 is 32.3. The smallest absolute Gasteiger partial charge is 0.414 e. The molecule has 0 unspecified atom stereocenters. The highest BCUT2D eigenvalue weighted by Crippen LogP contribution is 2.41. The standard InChI is InChI=1S/C35H34Cl2FN3O7S/c1-46-30-7-6-21(12-31(30)47-2)25(15-27-28(36)17-40(45)18-29(27)37)26-14-24(49-33(26)34(42)43)16-41(23-5-3-4-22(38)13-23)35(44)48-32-19-39-10-8-20(32)9-11-39/h3-7,12-14,17-18,20,25,32H,8-11,15-16,19H2,1-2H3,(H-,42,43,45)/p+1/t25-,32-/m0/s1. The number of halogens is 3. The van der Waals surface area contributed by atoms with Gasteiger partial charge in [-0.05, 0) is 85.8 Å². The number of anilines is 1. The van der Waals surface area contributed by atoms with Crippen molar-refractivity contribution in [3.63, 3.8) is 0 Å². The first-order valence-electron chi connectivity index (χ1n) is 15.7. The van der Waals surface area contributed by atoms with Crippen LogP contribution in [0.2, 0.25) is 10.0 Å². The molecule has 3 aliphatic heterocycles. The van der Waals surface area contributed by atoms with Gasteiger partial charge in [-0.1, -0.05) is 35.3 Å². The third-order valence-electron chi connectivity index (χ3n) is 9.17. The Kier molecular flexibility index (Phi) is 10.5. The molecule has 7 rings (SSSR count). The fourth-order valence-electron chi connectivity index (χ4n) is 6.68. The first-order valence-corrected chi connectivity index (χ1v) is 17.2. The number of methoxy groups -OCH3 is 2. The minimum atomic E-state index is -1.16. The van der Waals surface area contributed by atoms with E-state index in [1.54, 1.807) is 30.3 Å². The second-order valence-electron chi connectivity index (χ2n) is 12.1. The second kappa shape index (κ2) is 14.8. The van der Waals surface area contributed by atoms with Crippen LogP contribution >= 0.6 is 34.5 Å². The molecule has 0 radical (unpaired) electrons. The quantitative estimate of drug-likeness (QED) is 0.125. The summed E-state index contributed by atoms with van der Waals surface area (Å²) in [6.45, 7) is 2.53. The summed E-state index contributed by atoms with van der Waals surface area (Å²) in [7, 11) is 3.02. The lowest BCUT2D eigenvalue weighted by atomic mass is 9.85. The Balaban J connectivity index is 1.40. The van der Waals surface area contributed by atoms with Crippen LogP contribution < -0.4 is 19.1 Å². The number of fused-ring (bicyclic) bond motifs is 3. The molecule has 1 amide bonds. The number of thiophene rings is 1. The summed E-state index contributed by atoms with van der Waals surface area (Å²) in [5.74, 6) is -1.13. The summed E-state index contributed by atoms with van der Waals surface area (Å²) >= 11 is 14.1. The van der Waals surface area contributed by atoms with E-state index >= 15 is 0 Å². The molecule has 5 heterocycles. The molecular weight excluding hydrogens is 696 g/mol. The number of carbonyl (C=O) groups is 2. The van der Waals surface area contributed by atoms with Gasteiger partial charge in [-0.25, -0.2) is 14.0 Å².